The van der Waals surface area contributed by atoms with Gasteiger partial charge in [0.15, 0.2) is 0 Å². The minimum Gasteiger partial charge on any atom is -0.378 e. The summed E-state index contributed by atoms with van der Waals surface area (Å²) < 4.78 is 1.29. The van der Waals surface area contributed by atoms with Crippen LogP contribution in [0.4, 0.5) is 11.4 Å². The Morgan fingerprint density at radius 3 is 2.50 bits per heavy atom. The van der Waals surface area contributed by atoms with Gasteiger partial charge < -0.3 is 10.2 Å². The molecular weight excluding hydrogens is 280 g/mol. The smallest absolute Gasteiger partial charge is 0.253 e. The second kappa shape index (κ2) is 6.89. The minimum atomic E-state index is -0.259. The summed E-state index contributed by atoms with van der Waals surface area (Å²) >= 11 is 0. The van der Waals surface area contributed by atoms with Gasteiger partial charge >= 0.3 is 0 Å². The average Bonchev–Trinajstić information content (AvgIpc) is 2.49. The highest BCUT2D eigenvalue weighted by atomic mass is 16.2. The molecule has 0 saturated heterocycles. The van der Waals surface area contributed by atoms with Gasteiger partial charge in [-0.05, 0) is 30.7 Å². The van der Waals surface area contributed by atoms with Crippen molar-refractivity contribution in [2.45, 2.75) is 19.9 Å². The first-order chi connectivity index (χ1) is 10.5. The number of aromatic nitrogens is 2. The third-order valence-electron chi connectivity index (χ3n) is 3.28. The first-order valence-corrected chi connectivity index (χ1v) is 7.12. The molecule has 1 aromatic carbocycles. The van der Waals surface area contributed by atoms with Crippen LogP contribution in [-0.2, 0) is 17.8 Å². The lowest BCUT2D eigenvalue weighted by atomic mass is 10.2. The Labute approximate surface area is 129 Å². The van der Waals surface area contributed by atoms with E-state index in [-0.39, 0.29) is 18.0 Å². The third-order valence-corrected chi connectivity index (χ3v) is 3.28. The van der Waals surface area contributed by atoms with Crippen LogP contribution in [0.25, 0.3) is 0 Å². The molecule has 0 fully saturated rings. The second-order valence-electron chi connectivity index (χ2n) is 5.19. The molecule has 1 heterocycles. The van der Waals surface area contributed by atoms with Crippen LogP contribution in [0.3, 0.4) is 0 Å². The van der Waals surface area contributed by atoms with E-state index in [1.165, 1.54) is 17.0 Å². The van der Waals surface area contributed by atoms with Gasteiger partial charge in [-0.2, -0.15) is 0 Å². The fraction of sp³-hybridized carbons (Fsp3) is 0.312. The first kappa shape index (κ1) is 15.8. The van der Waals surface area contributed by atoms with E-state index < -0.39 is 0 Å². The maximum Gasteiger partial charge on any atom is 0.253 e. The first-order valence-electron chi connectivity index (χ1n) is 7.12. The Balaban J connectivity index is 2.02. The molecule has 116 valence electrons. The average molecular weight is 300 g/mol. The van der Waals surface area contributed by atoms with Crippen LogP contribution in [-0.4, -0.2) is 29.6 Å². The molecule has 0 unspecified atom stereocenters. The predicted molar refractivity (Wildman–Crippen MR) is 87.3 cm³/mol. The summed E-state index contributed by atoms with van der Waals surface area (Å²) in [6.07, 6.45) is 2.11. The lowest BCUT2D eigenvalue weighted by Crippen LogP contribution is -2.27. The van der Waals surface area contributed by atoms with Crippen molar-refractivity contribution in [3.63, 3.8) is 0 Å². The maximum atomic E-state index is 12.0. The van der Waals surface area contributed by atoms with E-state index in [2.05, 4.69) is 10.3 Å². The molecule has 0 aliphatic rings. The highest BCUT2D eigenvalue weighted by Gasteiger charge is 2.06. The van der Waals surface area contributed by atoms with Crippen molar-refractivity contribution in [3.8, 4) is 0 Å². The van der Waals surface area contributed by atoms with Gasteiger partial charge in [-0.25, -0.2) is 4.98 Å². The second-order valence-corrected chi connectivity index (χ2v) is 5.19. The van der Waals surface area contributed by atoms with Crippen molar-refractivity contribution in [2.24, 2.45) is 0 Å². The molecule has 2 aromatic rings. The van der Waals surface area contributed by atoms with Crippen LogP contribution >= 0.6 is 0 Å². The largest absolute Gasteiger partial charge is 0.378 e. The van der Waals surface area contributed by atoms with E-state index in [0.29, 0.717) is 12.1 Å². The zero-order chi connectivity index (χ0) is 16.1. The van der Waals surface area contributed by atoms with Crippen molar-refractivity contribution in [1.29, 1.82) is 0 Å². The topological polar surface area (TPSA) is 67.2 Å². The zero-order valence-electron chi connectivity index (χ0n) is 13.0. The molecule has 2 rings (SSSR count). The van der Waals surface area contributed by atoms with E-state index in [0.717, 1.165) is 11.4 Å². The normalized spacial score (nSPS) is 10.3. The van der Waals surface area contributed by atoms with E-state index in [1.807, 2.05) is 50.2 Å². The van der Waals surface area contributed by atoms with E-state index >= 15 is 0 Å². The highest BCUT2D eigenvalue weighted by molar-refractivity contribution is 5.90. The minimum absolute atomic E-state index is 0.0503. The van der Waals surface area contributed by atoms with Crippen LogP contribution in [0.1, 0.15) is 12.6 Å². The Hall–Kier alpha value is -2.63. The number of anilines is 2. The van der Waals surface area contributed by atoms with Gasteiger partial charge in [0, 0.05) is 37.2 Å². The molecule has 0 aliphatic heterocycles. The quantitative estimate of drug-likeness (QED) is 0.909. The molecule has 0 atom stereocenters. The van der Waals surface area contributed by atoms with Crippen molar-refractivity contribution >= 4 is 17.3 Å². The lowest BCUT2D eigenvalue weighted by molar-refractivity contribution is -0.116. The lowest BCUT2D eigenvalue weighted by Gasteiger charge is -2.13. The highest BCUT2D eigenvalue weighted by Crippen LogP contribution is 2.15. The number of carbonyl (C=O) groups is 1. The molecule has 6 nitrogen and oxygen atoms in total. The third kappa shape index (κ3) is 3.94. The summed E-state index contributed by atoms with van der Waals surface area (Å²) in [4.78, 5) is 29.9. The fourth-order valence-electron chi connectivity index (χ4n) is 1.97. The van der Waals surface area contributed by atoms with Crippen LogP contribution in [0.5, 0.6) is 0 Å². The molecule has 1 N–H and O–H groups in total. The van der Waals surface area contributed by atoms with Crippen LogP contribution in [0.2, 0.25) is 0 Å². The molecule has 6 heteroatoms. The Kier molecular flexibility index (Phi) is 4.93. The molecule has 22 heavy (non-hydrogen) atoms. The molecule has 0 radical (unpaired) electrons. The van der Waals surface area contributed by atoms with Crippen molar-refractivity contribution < 1.29 is 4.79 Å². The zero-order valence-corrected chi connectivity index (χ0v) is 13.0. The van der Waals surface area contributed by atoms with Gasteiger partial charge in [-0.15, -0.1) is 0 Å². The van der Waals surface area contributed by atoms with E-state index in [9.17, 15) is 9.59 Å². The summed E-state index contributed by atoms with van der Waals surface area (Å²) in [7, 11) is 3.90. The molecule has 0 saturated carbocycles. The Morgan fingerprint density at radius 1 is 1.27 bits per heavy atom. The van der Waals surface area contributed by atoms with Gasteiger partial charge in [0.1, 0.15) is 6.54 Å². The Bertz CT molecular complexity index is 705. The number of nitrogens with zero attached hydrogens (tertiary/aromatic N) is 3. The number of aryl methyl sites for hydroxylation is 1. The summed E-state index contributed by atoms with van der Waals surface area (Å²) in [5.41, 5.74) is 2.25. The number of nitrogens with one attached hydrogen (secondary N) is 1. The van der Waals surface area contributed by atoms with Crippen molar-refractivity contribution in [3.05, 3.63) is 52.7 Å². The van der Waals surface area contributed by atoms with Crippen LogP contribution in [0.15, 0.2) is 41.5 Å². The van der Waals surface area contributed by atoms with Gasteiger partial charge in [-0.1, -0.05) is 6.92 Å². The number of amides is 1. The summed E-state index contributed by atoms with van der Waals surface area (Å²) in [6, 6.07) is 8.95. The predicted octanol–water partition coefficient (Wildman–Crippen LogP) is 1.51. The number of hydrogen-bond acceptors (Lipinski definition) is 4. The molecule has 0 bridgehead atoms. The number of hydrogen-bond donors (Lipinski definition) is 1. The number of carbonyl (C=O) groups excluding carboxylic acids is 1. The molecule has 1 amide bonds. The van der Waals surface area contributed by atoms with Crippen LogP contribution in [0, 0.1) is 0 Å². The van der Waals surface area contributed by atoms with E-state index in [4.69, 9.17) is 0 Å². The SMILES string of the molecule is CCc1cc(=O)n(CC(=O)Nc2ccc(N(C)C)cc2)cn1. The number of benzene rings is 1. The molecule has 0 aliphatic carbocycles. The molecule has 1 aromatic heterocycles. The van der Waals surface area contributed by atoms with Crippen LogP contribution < -0.4 is 15.8 Å². The monoisotopic (exact) mass is 300 g/mol. The summed E-state index contributed by atoms with van der Waals surface area (Å²) in [6.45, 7) is 1.88. The van der Waals surface area contributed by atoms with Gasteiger partial charge in [-0.3, -0.25) is 14.2 Å². The maximum absolute atomic E-state index is 12.0. The summed E-state index contributed by atoms with van der Waals surface area (Å²) in [5, 5.41) is 2.77. The fourth-order valence-corrected chi connectivity index (χ4v) is 1.97. The van der Waals surface area contributed by atoms with Crippen molar-refractivity contribution in [2.75, 3.05) is 24.3 Å². The molecule has 0 spiro atoms. The summed E-state index contributed by atoms with van der Waals surface area (Å²) in [5.74, 6) is -0.259. The Morgan fingerprint density at radius 2 is 1.95 bits per heavy atom. The molecular formula is C16H20N4O2. The van der Waals surface area contributed by atoms with Crippen molar-refractivity contribution in [1.82, 2.24) is 9.55 Å². The van der Waals surface area contributed by atoms with Gasteiger partial charge in [0.25, 0.3) is 5.56 Å². The standard InChI is InChI=1S/C16H20N4O2/c1-4-12-9-16(22)20(11-17-12)10-15(21)18-13-5-7-14(8-6-13)19(2)3/h5-9,11H,4,10H2,1-3H3,(H,18,21). The van der Waals surface area contributed by atoms with Gasteiger partial charge in [0.2, 0.25) is 5.91 Å². The van der Waals surface area contributed by atoms with E-state index in [1.54, 1.807) is 0 Å². The number of rotatable bonds is 5. The van der Waals surface area contributed by atoms with Gasteiger partial charge in [0.05, 0.1) is 6.33 Å².